The smallest absolute Gasteiger partial charge is 0.143 e. The van der Waals surface area contributed by atoms with E-state index in [1.165, 1.54) is 11.1 Å². The van der Waals surface area contributed by atoms with Crippen LogP contribution in [-0.4, -0.2) is 0 Å². The molecule has 51 heavy (non-hydrogen) atoms. The van der Waals surface area contributed by atoms with E-state index < -0.39 is 0 Å². The Kier molecular flexibility index (Phi) is 6.81. The lowest BCUT2D eigenvalue weighted by molar-refractivity contribution is 0.669. The fourth-order valence-corrected chi connectivity index (χ4v) is 7.42. The van der Waals surface area contributed by atoms with Gasteiger partial charge in [-0.25, -0.2) is 0 Å². The van der Waals surface area contributed by atoms with E-state index in [1.54, 1.807) is 0 Å². The van der Waals surface area contributed by atoms with Gasteiger partial charge in [-0.2, -0.15) is 0 Å². The summed E-state index contributed by atoms with van der Waals surface area (Å²) in [5.74, 6) is 0. The summed E-state index contributed by atoms with van der Waals surface area (Å²) in [6, 6.07) is 66.2. The fraction of sp³-hybridized carbons (Fsp3) is 0. The molecule has 0 aliphatic heterocycles. The van der Waals surface area contributed by atoms with Gasteiger partial charge in [0, 0.05) is 49.7 Å². The van der Waals surface area contributed by atoms with Crippen molar-refractivity contribution in [1.82, 2.24) is 0 Å². The first-order valence-corrected chi connectivity index (χ1v) is 17.3. The van der Waals surface area contributed by atoms with Gasteiger partial charge >= 0.3 is 0 Å². The molecular weight excluding hydrogens is 623 g/mol. The second-order valence-corrected chi connectivity index (χ2v) is 12.9. The number of fused-ring (bicyclic) bond motifs is 6. The molecule has 0 saturated carbocycles. The van der Waals surface area contributed by atoms with Crippen molar-refractivity contribution in [2.75, 3.05) is 4.90 Å². The Balaban J connectivity index is 1.16. The van der Waals surface area contributed by atoms with Gasteiger partial charge in [-0.15, -0.1) is 0 Å². The highest BCUT2D eigenvalue weighted by atomic mass is 16.3. The lowest BCUT2D eigenvalue weighted by atomic mass is 9.99. The van der Waals surface area contributed by atoms with Gasteiger partial charge in [-0.3, -0.25) is 0 Å². The van der Waals surface area contributed by atoms with Crippen LogP contribution >= 0.6 is 0 Å². The molecule has 0 bridgehead atoms. The predicted octanol–water partition coefficient (Wildman–Crippen LogP) is 14.0. The minimum Gasteiger partial charge on any atom is -0.455 e. The molecule has 0 saturated heterocycles. The monoisotopic (exact) mass is 653 g/mol. The van der Waals surface area contributed by atoms with E-state index in [-0.39, 0.29) is 0 Å². The quantitative estimate of drug-likeness (QED) is 0.179. The van der Waals surface area contributed by atoms with Crippen molar-refractivity contribution >= 4 is 60.9 Å². The zero-order valence-corrected chi connectivity index (χ0v) is 27.7. The molecule has 3 nitrogen and oxygen atoms in total. The molecule has 10 rings (SSSR count). The van der Waals surface area contributed by atoms with Crippen LogP contribution in [0.2, 0.25) is 0 Å². The Morgan fingerprint density at radius 3 is 1.41 bits per heavy atom. The van der Waals surface area contributed by atoms with E-state index >= 15 is 0 Å². The van der Waals surface area contributed by atoms with Crippen molar-refractivity contribution in [3.8, 4) is 33.4 Å². The maximum Gasteiger partial charge on any atom is 0.143 e. The molecule has 0 atom stereocenters. The second kappa shape index (κ2) is 11.9. The van der Waals surface area contributed by atoms with Gasteiger partial charge in [0.05, 0.1) is 0 Å². The molecule has 0 spiro atoms. The Morgan fingerprint density at radius 2 is 0.765 bits per heavy atom. The standard InChI is InChI=1S/C48H31NO2/c1-3-12-32(13-4-1)33-22-26-36(27-23-33)49(37-28-24-35(25-29-37)39-18-11-19-42-40-16-7-9-20-45(40)50-47(39)42)38-30-43(34-14-5-2-6-15-34)48-44(31-38)41-17-8-10-21-46(41)51-48/h1-31H. The first-order valence-electron chi connectivity index (χ1n) is 17.3. The van der Waals surface area contributed by atoms with Crippen molar-refractivity contribution in [1.29, 1.82) is 0 Å². The van der Waals surface area contributed by atoms with E-state index in [0.29, 0.717) is 0 Å². The molecule has 2 heterocycles. The summed E-state index contributed by atoms with van der Waals surface area (Å²) < 4.78 is 12.9. The number of anilines is 3. The largest absolute Gasteiger partial charge is 0.455 e. The van der Waals surface area contributed by atoms with Crippen LogP contribution in [0, 0.1) is 0 Å². The predicted molar refractivity (Wildman–Crippen MR) is 212 cm³/mol. The van der Waals surface area contributed by atoms with Gasteiger partial charge in [-0.1, -0.05) is 140 Å². The Labute approximate surface area is 295 Å². The molecule has 240 valence electrons. The second-order valence-electron chi connectivity index (χ2n) is 12.9. The Bertz CT molecular complexity index is 2830. The third kappa shape index (κ3) is 4.98. The summed E-state index contributed by atoms with van der Waals surface area (Å²) in [5, 5.41) is 4.44. The summed E-state index contributed by atoms with van der Waals surface area (Å²) in [4.78, 5) is 2.34. The zero-order chi connectivity index (χ0) is 33.7. The Hall–Kier alpha value is -6.84. The van der Waals surface area contributed by atoms with Crippen LogP contribution in [0.4, 0.5) is 17.1 Å². The van der Waals surface area contributed by atoms with Crippen molar-refractivity contribution < 1.29 is 8.83 Å². The average Bonchev–Trinajstić information content (AvgIpc) is 3.78. The van der Waals surface area contributed by atoms with Gasteiger partial charge in [0.1, 0.15) is 22.3 Å². The van der Waals surface area contributed by atoms with Gasteiger partial charge in [0.15, 0.2) is 0 Å². The number of furan rings is 2. The molecule has 0 radical (unpaired) electrons. The first kappa shape index (κ1) is 29.1. The van der Waals surface area contributed by atoms with Crippen molar-refractivity contribution in [3.05, 3.63) is 188 Å². The van der Waals surface area contributed by atoms with Crippen LogP contribution in [0.3, 0.4) is 0 Å². The van der Waals surface area contributed by atoms with E-state index in [2.05, 4.69) is 169 Å². The number of hydrogen-bond acceptors (Lipinski definition) is 3. The number of nitrogens with zero attached hydrogens (tertiary/aromatic N) is 1. The Morgan fingerprint density at radius 1 is 0.294 bits per heavy atom. The highest BCUT2D eigenvalue weighted by Gasteiger charge is 2.20. The van der Waals surface area contributed by atoms with Gasteiger partial charge in [-0.05, 0) is 70.8 Å². The summed E-state index contributed by atoms with van der Waals surface area (Å²) in [6.07, 6.45) is 0. The molecule has 8 aromatic carbocycles. The summed E-state index contributed by atoms with van der Waals surface area (Å²) in [6.45, 7) is 0. The molecule has 0 aliphatic carbocycles. The van der Waals surface area contributed by atoms with Crippen molar-refractivity contribution in [3.63, 3.8) is 0 Å². The minimum atomic E-state index is 0.879. The molecule has 0 amide bonds. The normalized spacial score (nSPS) is 11.5. The van der Waals surface area contributed by atoms with E-state index in [4.69, 9.17) is 8.83 Å². The topological polar surface area (TPSA) is 29.5 Å². The van der Waals surface area contributed by atoms with Gasteiger partial charge in [0.25, 0.3) is 0 Å². The van der Waals surface area contributed by atoms with Crippen LogP contribution < -0.4 is 4.90 Å². The molecule has 2 aromatic heterocycles. The van der Waals surface area contributed by atoms with E-state index in [9.17, 15) is 0 Å². The summed E-state index contributed by atoms with van der Waals surface area (Å²) in [5.41, 5.74) is 13.4. The maximum atomic E-state index is 6.54. The number of rotatable bonds is 6. The molecule has 0 aliphatic rings. The molecule has 0 fully saturated rings. The summed E-state index contributed by atoms with van der Waals surface area (Å²) in [7, 11) is 0. The van der Waals surface area contributed by atoms with Gasteiger partial charge in [0.2, 0.25) is 0 Å². The van der Waals surface area contributed by atoms with Crippen molar-refractivity contribution in [2.24, 2.45) is 0 Å². The highest BCUT2D eigenvalue weighted by Crippen LogP contribution is 2.44. The third-order valence-electron chi connectivity index (χ3n) is 9.88. The average molecular weight is 654 g/mol. The lowest BCUT2D eigenvalue weighted by Crippen LogP contribution is -2.10. The minimum absolute atomic E-state index is 0.879. The van der Waals surface area contributed by atoms with E-state index in [1.807, 2.05) is 24.3 Å². The van der Waals surface area contributed by atoms with Crippen molar-refractivity contribution in [2.45, 2.75) is 0 Å². The number of benzene rings is 8. The first-order chi connectivity index (χ1) is 25.3. The van der Waals surface area contributed by atoms with E-state index in [0.717, 1.165) is 83.2 Å². The molecular formula is C48H31NO2. The highest BCUT2D eigenvalue weighted by molar-refractivity contribution is 6.12. The van der Waals surface area contributed by atoms with Crippen LogP contribution in [0.1, 0.15) is 0 Å². The lowest BCUT2D eigenvalue weighted by Gasteiger charge is -2.27. The van der Waals surface area contributed by atoms with Gasteiger partial charge < -0.3 is 13.7 Å². The molecule has 0 unspecified atom stereocenters. The third-order valence-corrected chi connectivity index (χ3v) is 9.88. The maximum absolute atomic E-state index is 6.54. The number of hydrogen-bond donors (Lipinski definition) is 0. The molecule has 10 aromatic rings. The van der Waals surface area contributed by atoms with Crippen LogP contribution in [0.5, 0.6) is 0 Å². The SMILES string of the molecule is c1ccc(-c2ccc(N(c3ccc(-c4cccc5c4oc4ccccc45)cc3)c3cc(-c4ccccc4)c4oc5ccccc5c4c3)cc2)cc1. The van der Waals surface area contributed by atoms with Crippen LogP contribution in [0.25, 0.3) is 77.3 Å². The molecule has 0 N–H and O–H groups in total. The van der Waals surface area contributed by atoms with Crippen LogP contribution in [0.15, 0.2) is 197 Å². The molecule has 3 heteroatoms. The van der Waals surface area contributed by atoms with Crippen LogP contribution in [-0.2, 0) is 0 Å². The summed E-state index contributed by atoms with van der Waals surface area (Å²) >= 11 is 0. The number of para-hydroxylation sites is 3. The zero-order valence-electron chi connectivity index (χ0n) is 27.7. The fourth-order valence-electron chi connectivity index (χ4n) is 7.42.